The largest absolute Gasteiger partial charge is 0.366 e. The van der Waals surface area contributed by atoms with Crippen LogP contribution in [0.25, 0.3) is 5.82 Å². The Morgan fingerprint density at radius 2 is 1.92 bits per heavy atom. The van der Waals surface area contributed by atoms with Gasteiger partial charge >= 0.3 is 0 Å². The molecule has 1 unspecified atom stereocenters. The first-order chi connectivity index (χ1) is 12.5. The second kappa shape index (κ2) is 7.01. The highest BCUT2D eigenvalue weighted by atomic mass is 16.2. The molecule has 0 bridgehead atoms. The fourth-order valence-corrected chi connectivity index (χ4v) is 2.37. The number of aromatic nitrogens is 4. The molecule has 2 amide bonds. The lowest BCUT2D eigenvalue weighted by Crippen LogP contribution is -2.34. The first-order valence-electron chi connectivity index (χ1n) is 7.77. The molecule has 0 aliphatic heterocycles. The van der Waals surface area contributed by atoms with Crippen molar-refractivity contribution in [3.8, 4) is 5.82 Å². The Morgan fingerprint density at radius 3 is 2.62 bits per heavy atom. The van der Waals surface area contributed by atoms with Gasteiger partial charge in [0.1, 0.15) is 6.04 Å². The lowest BCUT2D eigenvalue weighted by Gasteiger charge is -2.16. The van der Waals surface area contributed by atoms with E-state index in [4.69, 9.17) is 5.73 Å². The summed E-state index contributed by atoms with van der Waals surface area (Å²) < 4.78 is 2.53. The average molecular weight is 352 g/mol. The third kappa shape index (κ3) is 3.36. The molecule has 0 saturated carbocycles. The molecule has 1 aromatic carbocycles. The molecule has 2 aromatic heterocycles. The highest BCUT2D eigenvalue weighted by Gasteiger charge is 2.20. The van der Waals surface area contributed by atoms with Gasteiger partial charge in [-0.15, -0.1) is 5.10 Å². The van der Waals surface area contributed by atoms with Crippen LogP contribution in [0.5, 0.6) is 0 Å². The molecule has 0 fully saturated rings. The van der Waals surface area contributed by atoms with E-state index in [2.05, 4.69) is 15.5 Å². The maximum Gasteiger partial charge on any atom is 0.267 e. The minimum atomic E-state index is -0.918. The number of hydrogen-bond acceptors (Lipinski definition) is 5. The molecule has 132 valence electrons. The van der Waals surface area contributed by atoms with Crippen LogP contribution in [0.3, 0.4) is 0 Å². The zero-order valence-corrected chi connectivity index (χ0v) is 13.9. The van der Waals surface area contributed by atoms with Crippen molar-refractivity contribution in [2.75, 3.05) is 5.32 Å². The highest BCUT2D eigenvalue weighted by Crippen LogP contribution is 2.16. The number of hydrogen-bond donors (Lipinski definition) is 2. The SMILES string of the molecule is CC(C(=O)Nc1ccccc1C(N)=O)n1nc(-n2cccn2)ccc1=O. The summed E-state index contributed by atoms with van der Waals surface area (Å²) in [5.41, 5.74) is 5.32. The molecule has 0 radical (unpaired) electrons. The Labute approximate surface area is 148 Å². The van der Waals surface area contributed by atoms with Crippen LogP contribution in [0, 0.1) is 0 Å². The van der Waals surface area contributed by atoms with Gasteiger partial charge in [-0.25, -0.2) is 9.36 Å². The predicted molar refractivity (Wildman–Crippen MR) is 93.9 cm³/mol. The molecule has 9 nitrogen and oxygen atoms in total. The average Bonchev–Trinajstić information content (AvgIpc) is 3.16. The molecule has 0 aliphatic carbocycles. The van der Waals surface area contributed by atoms with Crippen LogP contribution in [0.1, 0.15) is 23.3 Å². The smallest absolute Gasteiger partial charge is 0.267 e. The van der Waals surface area contributed by atoms with Crippen molar-refractivity contribution in [2.24, 2.45) is 5.73 Å². The van der Waals surface area contributed by atoms with Crippen molar-refractivity contribution in [2.45, 2.75) is 13.0 Å². The van der Waals surface area contributed by atoms with Gasteiger partial charge < -0.3 is 11.1 Å². The Kier molecular flexibility index (Phi) is 4.61. The molecule has 0 aliphatic rings. The Morgan fingerprint density at radius 1 is 1.15 bits per heavy atom. The van der Waals surface area contributed by atoms with Crippen LogP contribution in [0.4, 0.5) is 5.69 Å². The number of carbonyl (C=O) groups excluding carboxylic acids is 2. The van der Waals surface area contributed by atoms with E-state index in [0.717, 1.165) is 4.68 Å². The third-order valence-electron chi connectivity index (χ3n) is 3.75. The van der Waals surface area contributed by atoms with Gasteiger partial charge in [0.15, 0.2) is 5.82 Å². The summed E-state index contributed by atoms with van der Waals surface area (Å²) in [4.78, 5) is 36.2. The number of para-hydroxylation sites is 1. The van der Waals surface area contributed by atoms with Crippen LogP contribution < -0.4 is 16.6 Å². The number of anilines is 1. The zero-order chi connectivity index (χ0) is 18.7. The van der Waals surface area contributed by atoms with Crippen molar-refractivity contribution >= 4 is 17.5 Å². The molecule has 1 atom stereocenters. The number of amides is 2. The van der Waals surface area contributed by atoms with Crippen LogP contribution >= 0.6 is 0 Å². The lowest BCUT2D eigenvalue weighted by atomic mass is 10.1. The molecule has 3 aromatic rings. The van der Waals surface area contributed by atoms with E-state index in [1.165, 1.54) is 29.8 Å². The van der Waals surface area contributed by atoms with Gasteiger partial charge in [-0.05, 0) is 31.2 Å². The molecule has 0 spiro atoms. The summed E-state index contributed by atoms with van der Waals surface area (Å²) in [6, 6.07) is 9.98. The fourth-order valence-electron chi connectivity index (χ4n) is 2.37. The summed E-state index contributed by atoms with van der Waals surface area (Å²) in [5, 5.41) is 10.8. The van der Waals surface area contributed by atoms with E-state index >= 15 is 0 Å². The van der Waals surface area contributed by atoms with Gasteiger partial charge in [-0.1, -0.05) is 12.1 Å². The third-order valence-corrected chi connectivity index (χ3v) is 3.75. The first kappa shape index (κ1) is 17.1. The zero-order valence-electron chi connectivity index (χ0n) is 13.9. The molecule has 2 heterocycles. The highest BCUT2D eigenvalue weighted by molar-refractivity contribution is 6.03. The van der Waals surface area contributed by atoms with Crippen molar-refractivity contribution in [1.29, 1.82) is 0 Å². The summed E-state index contributed by atoms with van der Waals surface area (Å²) in [6.07, 6.45) is 3.25. The molecular weight excluding hydrogens is 336 g/mol. The van der Waals surface area contributed by atoms with E-state index in [1.54, 1.807) is 36.7 Å². The van der Waals surface area contributed by atoms with E-state index in [9.17, 15) is 14.4 Å². The second-order valence-electron chi connectivity index (χ2n) is 5.50. The van der Waals surface area contributed by atoms with Gasteiger partial charge in [-0.3, -0.25) is 14.4 Å². The van der Waals surface area contributed by atoms with Crippen molar-refractivity contribution in [3.05, 3.63) is 70.8 Å². The summed E-state index contributed by atoms with van der Waals surface area (Å²) in [5.74, 6) is -0.776. The minimum absolute atomic E-state index is 0.179. The summed E-state index contributed by atoms with van der Waals surface area (Å²) in [6.45, 7) is 1.53. The lowest BCUT2D eigenvalue weighted by molar-refractivity contribution is -0.119. The van der Waals surface area contributed by atoms with Crippen LogP contribution in [0.15, 0.2) is 59.7 Å². The van der Waals surface area contributed by atoms with Crippen LogP contribution in [0.2, 0.25) is 0 Å². The minimum Gasteiger partial charge on any atom is -0.366 e. The molecule has 0 saturated heterocycles. The van der Waals surface area contributed by atoms with Crippen LogP contribution in [-0.4, -0.2) is 31.4 Å². The van der Waals surface area contributed by atoms with Gasteiger partial charge in [0.05, 0.1) is 11.3 Å². The number of nitrogens with zero attached hydrogens (tertiary/aromatic N) is 4. The number of carbonyl (C=O) groups is 2. The topological polar surface area (TPSA) is 125 Å². The number of primary amides is 1. The molecular formula is C17H16N6O3. The fraction of sp³-hybridized carbons (Fsp3) is 0.118. The number of nitrogens with one attached hydrogen (secondary N) is 1. The number of nitrogens with two attached hydrogens (primary N) is 1. The van der Waals surface area contributed by atoms with Gasteiger partial charge in [0.2, 0.25) is 5.91 Å². The standard InChI is InChI=1S/C17H16N6O3/c1-11(17(26)20-13-6-3-2-5-12(13)16(18)25)23-15(24)8-7-14(21-23)22-10-4-9-19-22/h2-11H,1H3,(H2,18,25)(H,20,26). The number of rotatable bonds is 5. The van der Waals surface area contributed by atoms with E-state index in [1.807, 2.05) is 0 Å². The maximum absolute atomic E-state index is 12.6. The Bertz CT molecular complexity index is 1010. The molecule has 3 N–H and O–H groups in total. The Hall–Kier alpha value is -3.75. The van der Waals surface area contributed by atoms with E-state index in [-0.39, 0.29) is 11.3 Å². The predicted octanol–water partition coefficient (Wildman–Crippen LogP) is 0.728. The van der Waals surface area contributed by atoms with Gasteiger partial charge in [0, 0.05) is 18.5 Å². The summed E-state index contributed by atoms with van der Waals surface area (Å²) >= 11 is 0. The van der Waals surface area contributed by atoms with Crippen LogP contribution in [-0.2, 0) is 4.79 Å². The van der Waals surface area contributed by atoms with Crippen molar-refractivity contribution < 1.29 is 9.59 Å². The maximum atomic E-state index is 12.6. The van der Waals surface area contributed by atoms with E-state index < -0.39 is 23.4 Å². The molecule has 26 heavy (non-hydrogen) atoms. The second-order valence-corrected chi connectivity index (χ2v) is 5.50. The van der Waals surface area contributed by atoms with Crippen molar-refractivity contribution in [3.63, 3.8) is 0 Å². The first-order valence-corrected chi connectivity index (χ1v) is 7.77. The quantitative estimate of drug-likeness (QED) is 0.700. The monoisotopic (exact) mass is 352 g/mol. The van der Waals surface area contributed by atoms with Gasteiger partial charge in [0.25, 0.3) is 11.5 Å². The molecule has 3 rings (SSSR count). The van der Waals surface area contributed by atoms with Gasteiger partial charge in [-0.2, -0.15) is 5.10 Å². The summed E-state index contributed by atoms with van der Waals surface area (Å²) in [7, 11) is 0. The molecule has 9 heteroatoms. The van der Waals surface area contributed by atoms with E-state index in [0.29, 0.717) is 5.82 Å². The normalized spacial score (nSPS) is 11.7. The van der Waals surface area contributed by atoms with Crippen molar-refractivity contribution in [1.82, 2.24) is 19.6 Å². The Balaban J connectivity index is 1.89. The number of benzene rings is 1.